The maximum atomic E-state index is 11.4. The summed E-state index contributed by atoms with van der Waals surface area (Å²) in [5.41, 5.74) is 0. The lowest BCUT2D eigenvalue weighted by Crippen LogP contribution is -2.47. The second kappa shape index (κ2) is 6.54. The molecule has 6 nitrogen and oxygen atoms in total. The minimum absolute atomic E-state index is 0.421. The monoisotopic (exact) mass is 279 g/mol. The third-order valence-electron chi connectivity index (χ3n) is 3.53. The number of piperidine rings is 1. The van der Waals surface area contributed by atoms with Crippen LogP contribution in [0.15, 0.2) is 12.4 Å². The third-order valence-corrected chi connectivity index (χ3v) is 3.53. The molecule has 0 bridgehead atoms. The average Bonchev–Trinajstić information content (AvgIpc) is 2.45. The van der Waals surface area contributed by atoms with Gasteiger partial charge in [0.1, 0.15) is 18.2 Å². The van der Waals surface area contributed by atoms with Crippen LogP contribution in [0.25, 0.3) is 0 Å². The van der Waals surface area contributed by atoms with Gasteiger partial charge in [-0.15, -0.1) is 0 Å². The lowest BCUT2D eigenvalue weighted by atomic mass is 9.92. The second-order valence-corrected chi connectivity index (χ2v) is 5.24. The van der Waals surface area contributed by atoms with Crippen molar-refractivity contribution in [3.8, 4) is 5.88 Å². The average molecular weight is 279 g/mol. The Morgan fingerprint density at radius 2 is 2.35 bits per heavy atom. The summed E-state index contributed by atoms with van der Waals surface area (Å²) < 4.78 is 5.48. The van der Waals surface area contributed by atoms with Gasteiger partial charge in [-0.25, -0.2) is 14.8 Å². The van der Waals surface area contributed by atoms with E-state index in [0.717, 1.165) is 12.8 Å². The molecule has 0 amide bonds. The number of aliphatic carboxylic acids is 1. The van der Waals surface area contributed by atoms with E-state index in [1.165, 1.54) is 6.33 Å². The molecule has 0 spiro atoms. The fourth-order valence-electron chi connectivity index (χ4n) is 2.42. The van der Waals surface area contributed by atoms with Gasteiger partial charge in [-0.2, -0.15) is 0 Å². The maximum absolute atomic E-state index is 11.4. The highest BCUT2D eigenvalue weighted by atomic mass is 16.5. The first-order chi connectivity index (χ1) is 9.61. The predicted octanol–water partition coefficient (Wildman–Crippen LogP) is 1.95. The molecule has 1 aromatic rings. The van der Waals surface area contributed by atoms with Crippen LogP contribution >= 0.6 is 0 Å². The van der Waals surface area contributed by atoms with Gasteiger partial charge in [-0.3, -0.25) is 0 Å². The Morgan fingerprint density at radius 3 is 3.05 bits per heavy atom. The largest absolute Gasteiger partial charge is 0.480 e. The van der Waals surface area contributed by atoms with Crippen molar-refractivity contribution in [2.45, 2.75) is 39.2 Å². The van der Waals surface area contributed by atoms with E-state index < -0.39 is 12.0 Å². The summed E-state index contributed by atoms with van der Waals surface area (Å²) in [6.07, 6.45) is 3.94. The van der Waals surface area contributed by atoms with Crippen molar-refractivity contribution in [3.63, 3.8) is 0 Å². The number of anilines is 1. The molecule has 0 saturated carbocycles. The number of rotatable bonds is 5. The smallest absolute Gasteiger partial charge is 0.326 e. The molecule has 1 aliphatic rings. The molecule has 0 aliphatic carbocycles. The van der Waals surface area contributed by atoms with Gasteiger partial charge in [-0.1, -0.05) is 13.8 Å². The number of carbonyl (C=O) groups is 1. The van der Waals surface area contributed by atoms with Gasteiger partial charge in [0.2, 0.25) is 5.88 Å². The van der Waals surface area contributed by atoms with E-state index in [2.05, 4.69) is 16.9 Å². The van der Waals surface area contributed by atoms with E-state index in [9.17, 15) is 9.90 Å². The van der Waals surface area contributed by atoms with Crippen molar-refractivity contribution < 1.29 is 14.6 Å². The Kier molecular flexibility index (Phi) is 4.76. The molecule has 2 rings (SSSR count). The van der Waals surface area contributed by atoms with Crippen LogP contribution in [0.3, 0.4) is 0 Å². The van der Waals surface area contributed by atoms with E-state index in [1.807, 2.05) is 11.8 Å². The maximum Gasteiger partial charge on any atom is 0.326 e. The summed E-state index contributed by atoms with van der Waals surface area (Å²) in [4.78, 5) is 21.5. The molecular weight excluding hydrogens is 258 g/mol. The Balaban J connectivity index is 2.18. The Morgan fingerprint density at radius 1 is 1.55 bits per heavy atom. The normalized spacial score (nSPS) is 22.6. The fourth-order valence-corrected chi connectivity index (χ4v) is 2.42. The summed E-state index contributed by atoms with van der Waals surface area (Å²) >= 11 is 0. The molecule has 1 fully saturated rings. The van der Waals surface area contributed by atoms with E-state index in [0.29, 0.717) is 37.2 Å². The van der Waals surface area contributed by atoms with Gasteiger partial charge < -0.3 is 14.7 Å². The molecule has 20 heavy (non-hydrogen) atoms. The molecule has 0 radical (unpaired) electrons. The predicted molar refractivity (Wildman–Crippen MR) is 75.0 cm³/mol. The number of aromatic nitrogens is 2. The van der Waals surface area contributed by atoms with Crippen molar-refractivity contribution in [1.29, 1.82) is 0 Å². The van der Waals surface area contributed by atoms with Gasteiger partial charge in [0.05, 0.1) is 6.61 Å². The van der Waals surface area contributed by atoms with Crippen LogP contribution in [0.1, 0.15) is 33.1 Å². The highest BCUT2D eigenvalue weighted by Crippen LogP contribution is 2.28. The van der Waals surface area contributed by atoms with E-state index in [4.69, 9.17) is 4.74 Å². The Bertz CT molecular complexity index is 467. The number of nitrogens with zero attached hydrogens (tertiary/aromatic N) is 3. The van der Waals surface area contributed by atoms with Crippen LogP contribution in [-0.2, 0) is 4.79 Å². The molecule has 110 valence electrons. The molecule has 2 atom stereocenters. The first-order valence-corrected chi connectivity index (χ1v) is 7.06. The van der Waals surface area contributed by atoms with Crippen LogP contribution in [-0.4, -0.2) is 40.2 Å². The molecule has 2 unspecified atom stereocenters. The SMILES string of the molecule is CCCOc1cc(N2CCC(C)CC2C(=O)O)ncn1. The topological polar surface area (TPSA) is 75.5 Å². The Hall–Kier alpha value is -1.85. The number of hydrogen-bond acceptors (Lipinski definition) is 5. The first kappa shape index (κ1) is 14.6. The zero-order valence-electron chi connectivity index (χ0n) is 12.0. The number of hydrogen-bond donors (Lipinski definition) is 1. The van der Waals surface area contributed by atoms with Gasteiger partial charge in [0.25, 0.3) is 0 Å². The van der Waals surface area contributed by atoms with Gasteiger partial charge in [0.15, 0.2) is 0 Å². The Labute approximate surface area is 118 Å². The minimum Gasteiger partial charge on any atom is -0.480 e. The third kappa shape index (κ3) is 3.37. The first-order valence-electron chi connectivity index (χ1n) is 7.06. The van der Waals surface area contributed by atoms with Crippen molar-refractivity contribution >= 4 is 11.8 Å². The van der Waals surface area contributed by atoms with Gasteiger partial charge >= 0.3 is 5.97 Å². The lowest BCUT2D eigenvalue weighted by Gasteiger charge is -2.36. The van der Waals surface area contributed by atoms with E-state index in [1.54, 1.807) is 6.07 Å². The molecule has 1 aliphatic heterocycles. The van der Waals surface area contributed by atoms with Crippen molar-refractivity contribution in [2.24, 2.45) is 5.92 Å². The van der Waals surface area contributed by atoms with Crippen LogP contribution in [0, 0.1) is 5.92 Å². The van der Waals surface area contributed by atoms with Crippen LogP contribution in [0.2, 0.25) is 0 Å². The zero-order chi connectivity index (χ0) is 14.5. The summed E-state index contributed by atoms with van der Waals surface area (Å²) in [6, 6.07) is 1.20. The second-order valence-electron chi connectivity index (χ2n) is 5.24. The number of ether oxygens (including phenoxy) is 1. The molecule has 1 saturated heterocycles. The molecule has 1 N–H and O–H groups in total. The number of carboxylic acid groups (broad SMARTS) is 1. The quantitative estimate of drug-likeness (QED) is 0.888. The highest BCUT2D eigenvalue weighted by molar-refractivity contribution is 5.78. The molecule has 1 aromatic heterocycles. The summed E-state index contributed by atoms with van der Waals surface area (Å²) in [7, 11) is 0. The van der Waals surface area contributed by atoms with Gasteiger partial charge in [0, 0.05) is 12.6 Å². The van der Waals surface area contributed by atoms with Crippen molar-refractivity contribution in [1.82, 2.24) is 9.97 Å². The molecule has 2 heterocycles. The van der Waals surface area contributed by atoms with Crippen LogP contribution in [0.4, 0.5) is 5.82 Å². The zero-order valence-corrected chi connectivity index (χ0v) is 12.0. The van der Waals surface area contributed by atoms with E-state index >= 15 is 0 Å². The molecule has 6 heteroatoms. The molecular formula is C14H21N3O3. The van der Waals surface area contributed by atoms with Crippen molar-refractivity contribution in [3.05, 3.63) is 12.4 Å². The lowest BCUT2D eigenvalue weighted by molar-refractivity contribution is -0.139. The standard InChI is InChI=1S/C14H21N3O3/c1-3-6-20-13-8-12(15-9-16-13)17-5-4-10(2)7-11(17)14(18)19/h8-11H,3-7H2,1-2H3,(H,18,19). The molecule has 0 aromatic carbocycles. The van der Waals surface area contributed by atoms with Crippen molar-refractivity contribution in [2.75, 3.05) is 18.1 Å². The van der Waals surface area contributed by atoms with Gasteiger partial charge in [-0.05, 0) is 25.2 Å². The summed E-state index contributed by atoms with van der Waals surface area (Å²) in [6.45, 7) is 5.40. The summed E-state index contributed by atoms with van der Waals surface area (Å²) in [5, 5.41) is 9.38. The number of carboxylic acids is 1. The fraction of sp³-hybridized carbons (Fsp3) is 0.643. The van der Waals surface area contributed by atoms with Crippen LogP contribution < -0.4 is 9.64 Å². The minimum atomic E-state index is -0.800. The van der Waals surface area contributed by atoms with Crippen LogP contribution in [0.5, 0.6) is 5.88 Å². The highest BCUT2D eigenvalue weighted by Gasteiger charge is 2.32. The van der Waals surface area contributed by atoms with E-state index in [-0.39, 0.29) is 0 Å². The summed E-state index contributed by atoms with van der Waals surface area (Å²) in [5.74, 6) is 0.751.